The Morgan fingerprint density at radius 1 is 0.933 bits per heavy atom. The van der Waals surface area contributed by atoms with E-state index in [2.05, 4.69) is 14.8 Å². The summed E-state index contributed by atoms with van der Waals surface area (Å²) in [5.74, 6) is 2.30. The average molecular weight is 407 g/mol. The van der Waals surface area contributed by atoms with Gasteiger partial charge in [-0.15, -0.1) is 0 Å². The minimum Gasteiger partial charge on any atom is -0.493 e. The summed E-state index contributed by atoms with van der Waals surface area (Å²) in [6.45, 7) is 4.77. The van der Waals surface area contributed by atoms with Crippen LogP contribution in [0, 0.1) is 0 Å². The summed E-state index contributed by atoms with van der Waals surface area (Å²) in [6, 6.07) is 11.4. The largest absolute Gasteiger partial charge is 0.493 e. The standard InChI is InChI=1S/C22H25N5O3/c1-14(28)15-4-6-16(7-5-15)26-8-10-27(11-9-26)22-24-18-13-20(30-3)19(29-2)12-17(18)21(23)25-22/h4-7,12-13H,8-11H2,1-3H3,(H2,23,24,25). The van der Waals surface area contributed by atoms with Crippen molar-refractivity contribution in [1.82, 2.24) is 9.97 Å². The maximum Gasteiger partial charge on any atom is 0.228 e. The van der Waals surface area contributed by atoms with Gasteiger partial charge in [0.05, 0.1) is 19.7 Å². The van der Waals surface area contributed by atoms with Crippen molar-refractivity contribution in [2.24, 2.45) is 0 Å². The zero-order valence-corrected chi connectivity index (χ0v) is 17.4. The normalized spacial score (nSPS) is 14.1. The number of fused-ring (bicyclic) bond motifs is 1. The van der Waals surface area contributed by atoms with E-state index in [9.17, 15) is 4.79 Å². The molecule has 8 nitrogen and oxygen atoms in total. The number of hydrogen-bond acceptors (Lipinski definition) is 8. The molecule has 1 aliphatic rings. The molecule has 2 heterocycles. The molecule has 1 aliphatic heterocycles. The van der Waals surface area contributed by atoms with E-state index in [1.54, 1.807) is 27.2 Å². The number of methoxy groups -OCH3 is 2. The molecule has 2 aromatic carbocycles. The molecule has 1 fully saturated rings. The summed E-state index contributed by atoms with van der Waals surface area (Å²) in [6.07, 6.45) is 0. The van der Waals surface area contributed by atoms with Gasteiger partial charge in [-0.1, -0.05) is 0 Å². The number of benzene rings is 2. The smallest absolute Gasteiger partial charge is 0.228 e. The topological polar surface area (TPSA) is 93.8 Å². The number of anilines is 3. The second-order valence-corrected chi connectivity index (χ2v) is 7.21. The van der Waals surface area contributed by atoms with E-state index in [1.165, 1.54) is 0 Å². The van der Waals surface area contributed by atoms with E-state index < -0.39 is 0 Å². The number of aromatic nitrogens is 2. The fourth-order valence-corrected chi connectivity index (χ4v) is 3.68. The lowest BCUT2D eigenvalue weighted by Crippen LogP contribution is -2.47. The molecular weight excluding hydrogens is 382 g/mol. The molecule has 0 saturated carbocycles. The number of ketones is 1. The van der Waals surface area contributed by atoms with Gasteiger partial charge < -0.3 is 25.0 Å². The van der Waals surface area contributed by atoms with Gasteiger partial charge in [0.25, 0.3) is 0 Å². The molecule has 1 aromatic heterocycles. The van der Waals surface area contributed by atoms with Gasteiger partial charge in [-0.2, -0.15) is 4.98 Å². The third-order valence-corrected chi connectivity index (χ3v) is 5.42. The van der Waals surface area contributed by atoms with E-state index in [0.29, 0.717) is 23.3 Å². The van der Waals surface area contributed by atoms with Gasteiger partial charge >= 0.3 is 0 Å². The third kappa shape index (κ3) is 3.68. The van der Waals surface area contributed by atoms with Crippen molar-refractivity contribution in [3.63, 3.8) is 0 Å². The highest BCUT2D eigenvalue weighted by Gasteiger charge is 2.21. The van der Waals surface area contributed by atoms with Crippen molar-refractivity contribution in [2.75, 3.05) is 55.9 Å². The van der Waals surface area contributed by atoms with Crippen molar-refractivity contribution >= 4 is 34.1 Å². The summed E-state index contributed by atoms with van der Waals surface area (Å²) in [5.41, 5.74) is 8.78. The molecule has 0 unspecified atom stereocenters. The Morgan fingerprint density at radius 2 is 1.53 bits per heavy atom. The number of carbonyl (C=O) groups is 1. The SMILES string of the molecule is COc1cc2nc(N3CCN(c4ccc(C(C)=O)cc4)CC3)nc(N)c2cc1OC. The van der Waals surface area contributed by atoms with Gasteiger partial charge in [-0.05, 0) is 37.3 Å². The van der Waals surface area contributed by atoms with E-state index in [4.69, 9.17) is 20.2 Å². The van der Waals surface area contributed by atoms with Crippen LogP contribution in [0.25, 0.3) is 10.9 Å². The number of carbonyl (C=O) groups excluding carboxylic acids is 1. The molecule has 0 spiro atoms. The van der Waals surface area contributed by atoms with Gasteiger partial charge in [-0.25, -0.2) is 4.98 Å². The van der Waals surface area contributed by atoms with Gasteiger partial charge in [0.15, 0.2) is 17.3 Å². The van der Waals surface area contributed by atoms with Crippen LogP contribution in [0.4, 0.5) is 17.5 Å². The third-order valence-electron chi connectivity index (χ3n) is 5.42. The number of nitrogen functional groups attached to an aromatic ring is 1. The highest BCUT2D eigenvalue weighted by Crippen LogP contribution is 2.34. The van der Waals surface area contributed by atoms with E-state index in [1.807, 2.05) is 30.3 Å². The number of Topliss-reactive ketones (excluding diaryl/α,β-unsaturated/α-hetero) is 1. The average Bonchev–Trinajstić information content (AvgIpc) is 2.78. The maximum absolute atomic E-state index is 11.5. The maximum atomic E-state index is 11.5. The molecule has 156 valence electrons. The second kappa shape index (κ2) is 8.06. The lowest BCUT2D eigenvalue weighted by Gasteiger charge is -2.36. The highest BCUT2D eigenvalue weighted by molar-refractivity contribution is 5.94. The van der Waals surface area contributed by atoms with E-state index in [-0.39, 0.29) is 5.78 Å². The van der Waals surface area contributed by atoms with Crippen molar-refractivity contribution in [3.05, 3.63) is 42.0 Å². The Balaban J connectivity index is 1.53. The number of nitrogens with zero attached hydrogens (tertiary/aromatic N) is 4. The van der Waals surface area contributed by atoms with Crippen LogP contribution in [0.15, 0.2) is 36.4 Å². The molecule has 0 radical (unpaired) electrons. The molecule has 3 aromatic rings. The summed E-state index contributed by atoms with van der Waals surface area (Å²) >= 11 is 0. The summed E-state index contributed by atoms with van der Waals surface area (Å²) < 4.78 is 10.7. The number of rotatable bonds is 5. The molecule has 8 heteroatoms. The number of piperazine rings is 1. The molecule has 0 aliphatic carbocycles. The van der Waals surface area contributed by atoms with Gasteiger partial charge in [0.2, 0.25) is 5.95 Å². The zero-order chi connectivity index (χ0) is 21.3. The lowest BCUT2D eigenvalue weighted by atomic mass is 10.1. The predicted octanol–water partition coefficient (Wildman–Crippen LogP) is 2.76. The van der Waals surface area contributed by atoms with Gasteiger partial charge in [-0.3, -0.25) is 4.79 Å². The van der Waals surface area contributed by atoms with Crippen LogP contribution in [-0.4, -0.2) is 56.1 Å². The highest BCUT2D eigenvalue weighted by atomic mass is 16.5. The van der Waals surface area contributed by atoms with Crippen LogP contribution in [-0.2, 0) is 0 Å². The van der Waals surface area contributed by atoms with E-state index in [0.717, 1.165) is 48.3 Å². The van der Waals surface area contributed by atoms with Crippen LogP contribution in [0.2, 0.25) is 0 Å². The molecule has 4 rings (SSSR count). The van der Waals surface area contributed by atoms with Crippen molar-refractivity contribution in [1.29, 1.82) is 0 Å². The monoisotopic (exact) mass is 407 g/mol. The van der Waals surface area contributed by atoms with Gasteiger partial charge in [0.1, 0.15) is 5.82 Å². The minimum absolute atomic E-state index is 0.0756. The Bertz CT molecular complexity index is 1080. The first-order valence-corrected chi connectivity index (χ1v) is 9.80. The van der Waals surface area contributed by atoms with Crippen LogP contribution in [0.1, 0.15) is 17.3 Å². The zero-order valence-electron chi connectivity index (χ0n) is 17.4. The molecule has 0 amide bonds. The van der Waals surface area contributed by atoms with Crippen LogP contribution in [0.5, 0.6) is 11.5 Å². The first-order chi connectivity index (χ1) is 14.5. The van der Waals surface area contributed by atoms with Crippen molar-refractivity contribution in [3.8, 4) is 11.5 Å². The Kier molecular flexibility index (Phi) is 5.31. The first kappa shape index (κ1) is 19.8. The number of ether oxygens (including phenoxy) is 2. The molecule has 30 heavy (non-hydrogen) atoms. The van der Waals surface area contributed by atoms with Crippen LogP contribution in [0.3, 0.4) is 0 Å². The molecule has 0 bridgehead atoms. The van der Waals surface area contributed by atoms with Crippen LogP contribution < -0.4 is 25.0 Å². The Hall–Kier alpha value is -3.55. The summed E-state index contributed by atoms with van der Waals surface area (Å²) in [5, 5.41) is 0.737. The second-order valence-electron chi connectivity index (χ2n) is 7.21. The molecular formula is C22H25N5O3. The number of nitrogens with two attached hydrogens (primary N) is 1. The minimum atomic E-state index is 0.0756. The summed E-state index contributed by atoms with van der Waals surface area (Å²) in [4.78, 5) is 25.1. The first-order valence-electron chi connectivity index (χ1n) is 9.80. The number of hydrogen-bond donors (Lipinski definition) is 1. The van der Waals surface area contributed by atoms with Gasteiger partial charge in [0, 0.05) is 48.9 Å². The molecule has 0 atom stereocenters. The molecule has 1 saturated heterocycles. The van der Waals surface area contributed by atoms with Crippen LogP contribution >= 0.6 is 0 Å². The quantitative estimate of drug-likeness (QED) is 0.646. The fourth-order valence-electron chi connectivity index (χ4n) is 3.68. The predicted molar refractivity (Wildman–Crippen MR) is 118 cm³/mol. The lowest BCUT2D eigenvalue weighted by molar-refractivity contribution is 0.101. The Labute approximate surface area is 175 Å². The Morgan fingerprint density at radius 3 is 2.13 bits per heavy atom. The molecule has 2 N–H and O–H groups in total. The van der Waals surface area contributed by atoms with Crippen molar-refractivity contribution in [2.45, 2.75) is 6.92 Å². The fraction of sp³-hybridized carbons (Fsp3) is 0.318. The van der Waals surface area contributed by atoms with E-state index >= 15 is 0 Å². The van der Waals surface area contributed by atoms with Crippen molar-refractivity contribution < 1.29 is 14.3 Å². The summed E-state index contributed by atoms with van der Waals surface area (Å²) in [7, 11) is 3.18.